The first-order valence-corrected chi connectivity index (χ1v) is 4.67. The third kappa shape index (κ3) is 2.55. The number of halogens is 1. The zero-order valence-electron chi connectivity index (χ0n) is 8.09. The molecule has 1 aromatic rings. The highest BCUT2D eigenvalue weighted by molar-refractivity contribution is 5.89. The highest BCUT2D eigenvalue weighted by Gasteiger charge is 2.09. The summed E-state index contributed by atoms with van der Waals surface area (Å²) >= 11 is 0. The van der Waals surface area contributed by atoms with Crippen molar-refractivity contribution in [1.82, 2.24) is 0 Å². The molecule has 0 spiro atoms. The number of carbonyl (C=O) groups is 1. The monoisotopic (exact) mass is 196 g/mol. The van der Waals surface area contributed by atoms with Gasteiger partial charge >= 0.3 is 5.97 Å². The van der Waals surface area contributed by atoms with Gasteiger partial charge in [0.1, 0.15) is 5.82 Å². The fraction of sp³-hybridized carbons (Fsp3) is 0.364. The van der Waals surface area contributed by atoms with Crippen LogP contribution in [-0.2, 0) is 6.42 Å². The lowest BCUT2D eigenvalue weighted by atomic mass is 10.0. The molecule has 0 saturated carbocycles. The lowest BCUT2D eigenvalue weighted by molar-refractivity contribution is 0.0695. The average molecular weight is 196 g/mol. The first-order chi connectivity index (χ1) is 6.65. The van der Waals surface area contributed by atoms with Crippen LogP contribution in [0.25, 0.3) is 0 Å². The van der Waals surface area contributed by atoms with Gasteiger partial charge in [0.2, 0.25) is 0 Å². The number of aromatic carboxylic acids is 1. The molecule has 76 valence electrons. The predicted octanol–water partition coefficient (Wildman–Crippen LogP) is 2.87. The molecule has 0 heterocycles. The van der Waals surface area contributed by atoms with E-state index in [1.807, 2.05) is 6.92 Å². The van der Waals surface area contributed by atoms with E-state index in [4.69, 9.17) is 5.11 Å². The van der Waals surface area contributed by atoms with Crippen molar-refractivity contribution in [1.29, 1.82) is 0 Å². The van der Waals surface area contributed by atoms with Crippen LogP contribution in [0.1, 0.15) is 35.7 Å². The largest absolute Gasteiger partial charge is 0.478 e. The van der Waals surface area contributed by atoms with Crippen LogP contribution >= 0.6 is 0 Å². The molecule has 1 N–H and O–H groups in total. The van der Waals surface area contributed by atoms with Gasteiger partial charge in [0.15, 0.2) is 0 Å². The maximum Gasteiger partial charge on any atom is 0.335 e. The summed E-state index contributed by atoms with van der Waals surface area (Å²) in [5, 5.41) is 8.83. The Labute approximate surface area is 82.4 Å². The van der Waals surface area contributed by atoms with E-state index >= 15 is 0 Å². The van der Waals surface area contributed by atoms with E-state index in [1.54, 1.807) is 0 Å². The van der Waals surface area contributed by atoms with Crippen LogP contribution in [0.15, 0.2) is 18.2 Å². The molecule has 0 amide bonds. The van der Waals surface area contributed by atoms with Gasteiger partial charge in [-0.15, -0.1) is 0 Å². The molecule has 0 aliphatic rings. The van der Waals surface area contributed by atoms with Crippen molar-refractivity contribution in [2.45, 2.75) is 26.2 Å². The van der Waals surface area contributed by atoms with Crippen molar-refractivity contribution in [3.05, 3.63) is 35.1 Å². The second-order valence-electron chi connectivity index (χ2n) is 3.21. The quantitative estimate of drug-likeness (QED) is 0.803. The van der Waals surface area contributed by atoms with E-state index in [9.17, 15) is 9.18 Å². The van der Waals surface area contributed by atoms with Crippen LogP contribution in [-0.4, -0.2) is 11.1 Å². The van der Waals surface area contributed by atoms with E-state index in [-0.39, 0.29) is 11.4 Å². The van der Waals surface area contributed by atoms with Gasteiger partial charge in [-0.3, -0.25) is 0 Å². The Morgan fingerprint density at radius 2 is 2.21 bits per heavy atom. The lowest BCUT2D eigenvalue weighted by Gasteiger charge is -2.04. The van der Waals surface area contributed by atoms with Gasteiger partial charge < -0.3 is 5.11 Å². The Bertz CT molecular complexity index is 334. The minimum Gasteiger partial charge on any atom is -0.478 e. The molecular formula is C11H13FO2. The summed E-state index contributed by atoms with van der Waals surface area (Å²) in [4.78, 5) is 10.8. The van der Waals surface area contributed by atoms with Gasteiger partial charge in [-0.2, -0.15) is 0 Å². The third-order valence-corrected chi connectivity index (χ3v) is 2.10. The Hall–Kier alpha value is -1.38. The number of benzene rings is 1. The predicted molar refractivity (Wildman–Crippen MR) is 52.0 cm³/mol. The van der Waals surface area contributed by atoms with Gasteiger partial charge in [-0.05, 0) is 36.6 Å². The molecule has 0 saturated heterocycles. The summed E-state index contributed by atoms with van der Waals surface area (Å²) in [5.74, 6) is -1.36. The Kier molecular flexibility index (Phi) is 3.63. The maximum atomic E-state index is 12.8. The number of carboxylic acids is 1. The summed E-state index contributed by atoms with van der Waals surface area (Å²) in [7, 11) is 0. The van der Waals surface area contributed by atoms with Gasteiger partial charge in [0.25, 0.3) is 0 Å². The van der Waals surface area contributed by atoms with Crippen LogP contribution in [0.4, 0.5) is 4.39 Å². The van der Waals surface area contributed by atoms with Crippen LogP contribution in [0.3, 0.4) is 0 Å². The molecule has 0 atom stereocenters. The fourth-order valence-corrected chi connectivity index (χ4v) is 1.34. The van der Waals surface area contributed by atoms with Gasteiger partial charge in [-0.1, -0.05) is 13.3 Å². The number of unbranched alkanes of at least 4 members (excludes halogenated alkanes) is 1. The normalized spacial score (nSPS) is 10.1. The molecule has 1 rings (SSSR count). The van der Waals surface area contributed by atoms with E-state index in [1.165, 1.54) is 18.2 Å². The smallest absolute Gasteiger partial charge is 0.335 e. The van der Waals surface area contributed by atoms with Crippen LogP contribution in [0.5, 0.6) is 0 Å². The first-order valence-electron chi connectivity index (χ1n) is 4.67. The number of hydrogen-bond acceptors (Lipinski definition) is 1. The molecule has 0 aromatic heterocycles. The Morgan fingerprint density at radius 1 is 1.50 bits per heavy atom. The SMILES string of the molecule is CCCCc1cc(F)ccc1C(=O)O. The van der Waals surface area contributed by atoms with Crippen LogP contribution in [0.2, 0.25) is 0 Å². The van der Waals surface area contributed by atoms with E-state index in [2.05, 4.69) is 0 Å². The Morgan fingerprint density at radius 3 is 2.79 bits per heavy atom. The summed E-state index contributed by atoms with van der Waals surface area (Å²) in [6, 6.07) is 3.81. The maximum absolute atomic E-state index is 12.8. The summed E-state index contributed by atoms with van der Waals surface area (Å²) in [6.45, 7) is 2.01. The zero-order chi connectivity index (χ0) is 10.6. The molecule has 14 heavy (non-hydrogen) atoms. The molecule has 0 fully saturated rings. The molecule has 0 bridgehead atoms. The van der Waals surface area contributed by atoms with Crippen molar-refractivity contribution < 1.29 is 14.3 Å². The van der Waals surface area contributed by atoms with E-state index in [0.29, 0.717) is 12.0 Å². The van der Waals surface area contributed by atoms with Crippen molar-refractivity contribution in [2.75, 3.05) is 0 Å². The molecule has 2 nitrogen and oxygen atoms in total. The van der Waals surface area contributed by atoms with Crippen LogP contribution < -0.4 is 0 Å². The van der Waals surface area contributed by atoms with Crippen molar-refractivity contribution in [2.24, 2.45) is 0 Å². The van der Waals surface area contributed by atoms with Gasteiger partial charge in [0.05, 0.1) is 5.56 Å². The third-order valence-electron chi connectivity index (χ3n) is 2.10. The number of aryl methyl sites for hydroxylation is 1. The van der Waals surface area contributed by atoms with Crippen LogP contribution in [0, 0.1) is 5.82 Å². The average Bonchev–Trinajstić information content (AvgIpc) is 2.14. The number of rotatable bonds is 4. The summed E-state index contributed by atoms with van der Waals surface area (Å²) < 4.78 is 12.8. The molecule has 0 aliphatic heterocycles. The highest BCUT2D eigenvalue weighted by Crippen LogP contribution is 2.14. The van der Waals surface area contributed by atoms with Crippen molar-refractivity contribution in [3.8, 4) is 0 Å². The topological polar surface area (TPSA) is 37.3 Å². The highest BCUT2D eigenvalue weighted by atomic mass is 19.1. The van der Waals surface area contributed by atoms with Crippen molar-refractivity contribution >= 4 is 5.97 Å². The summed E-state index contributed by atoms with van der Waals surface area (Å²) in [5.41, 5.74) is 0.791. The Balaban J connectivity index is 2.97. The summed E-state index contributed by atoms with van der Waals surface area (Å²) in [6.07, 6.45) is 2.47. The van der Waals surface area contributed by atoms with Gasteiger partial charge in [-0.25, -0.2) is 9.18 Å². The lowest BCUT2D eigenvalue weighted by Crippen LogP contribution is -2.03. The van der Waals surface area contributed by atoms with Crippen molar-refractivity contribution in [3.63, 3.8) is 0 Å². The minimum atomic E-state index is -0.990. The standard InChI is InChI=1S/C11H13FO2/c1-2-3-4-8-7-9(12)5-6-10(8)11(13)14/h5-7H,2-4H2,1H3,(H,13,14). The molecular weight excluding hydrogens is 183 g/mol. The first kappa shape index (κ1) is 10.7. The zero-order valence-corrected chi connectivity index (χ0v) is 8.09. The molecule has 0 radical (unpaired) electrons. The second-order valence-corrected chi connectivity index (χ2v) is 3.21. The van der Waals surface area contributed by atoms with Gasteiger partial charge in [0, 0.05) is 0 Å². The molecule has 3 heteroatoms. The molecule has 1 aromatic carbocycles. The fourth-order valence-electron chi connectivity index (χ4n) is 1.34. The minimum absolute atomic E-state index is 0.208. The molecule has 0 aliphatic carbocycles. The number of carboxylic acid groups (broad SMARTS) is 1. The van der Waals surface area contributed by atoms with E-state index < -0.39 is 5.97 Å². The second kappa shape index (κ2) is 4.74. The number of hydrogen-bond donors (Lipinski definition) is 1. The van der Waals surface area contributed by atoms with E-state index in [0.717, 1.165) is 12.8 Å². The molecule has 0 unspecified atom stereocenters.